The third-order valence-corrected chi connectivity index (χ3v) is 4.24. The molecule has 0 unspecified atom stereocenters. The van der Waals surface area contributed by atoms with Gasteiger partial charge in [0.15, 0.2) is 11.5 Å². The first kappa shape index (κ1) is 20.2. The highest BCUT2D eigenvalue weighted by Crippen LogP contribution is 2.32. The van der Waals surface area contributed by atoms with Gasteiger partial charge >= 0.3 is 17.9 Å². The molecule has 29 heavy (non-hydrogen) atoms. The summed E-state index contributed by atoms with van der Waals surface area (Å²) in [6, 6.07) is 4.67. The van der Waals surface area contributed by atoms with Crippen molar-refractivity contribution in [3.63, 3.8) is 0 Å². The fourth-order valence-corrected chi connectivity index (χ4v) is 2.90. The van der Waals surface area contributed by atoms with Crippen LogP contribution in [-0.4, -0.2) is 42.9 Å². The summed E-state index contributed by atoms with van der Waals surface area (Å²) in [6.07, 6.45) is 0. The van der Waals surface area contributed by atoms with E-state index in [-0.39, 0.29) is 49.1 Å². The van der Waals surface area contributed by atoms with Crippen LogP contribution in [0.15, 0.2) is 18.2 Å². The lowest BCUT2D eigenvalue weighted by atomic mass is 10.1. The van der Waals surface area contributed by atoms with Gasteiger partial charge in [0.25, 0.3) is 0 Å². The number of aromatic amines is 1. The van der Waals surface area contributed by atoms with Crippen molar-refractivity contribution in [2.45, 2.75) is 27.4 Å². The number of ether oxygens (including phenoxy) is 5. The molecule has 0 aliphatic carbocycles. The van der Waals surface area contributed by atoms with Crippen LogP contribution in [0.5, 0.6) is 11.5 Å². The van der Waals surface area contributed by atoms with Gasteiger partial charge in [-0.15, -0.1) is 0 Å². The van der Waals surface area contributed by atoms with E-state index in [4.69, 9.17) is 23.7 Å². The number of H-pyrrole nitrogens is 1. The first-order chi connectivity index (χ1) is 14.0. The molecule has 1 aromatic carbocycles. The van der Waals surface area contributed by atoms with Gasteiger partial charge in [0.1, 0.15) is 12.3 Å². The SMILES string of the molecule is CCOC(=O)c1[nH]c(COC(=O)c2ccc3c(c2)OCO3)c(C(=O)OCC)c1C. The fraction of sp³-hybridized carbons (Fsp3) is 0.350. The molecule has 0 amide bonds. The summed E-state index contributed by atoms with van der Waals surface area (Å²) in [5.74, 6) is -0.852. The highest BCUT2D eigenvalue weighted by atomic mass is 16.7. The first-order valence-corrected chi connectivity index (χ1v) is 9.08. The van der Waals surface area contributed by atoms with Gasteiger partial charge in [-0.2, -0.15) is 0 Å². The van der Waals surface area contributed by atoms with E-state index in [1.807, 2.05) is 0 Å². The van der Waals surface area contributed by atoms with E-state index in [2.05, 4.69) is 4.98 Å². The summed E-state index contributed by atoms with van der Waals surface area (Å²) < 4.78 is 25.8. The fourth-order valence-electron chi connectivity index (χ4n) is 2.90. The molecule has 0 bridgehead atoms. The van der Waals surface area contributed by atoms with E-state index < -0.39 is 17.9 Å². The predicted octanol–water partition coefficient (Wildman–Crippen LogP) is 2.76. The van der Waals surface area contributed by atoms with Gasteiger partial charge in [0.2, 0.25) is 6.79 Å². The zero-order valence-electron chi connectivity index (χ0n) is 16.3. The molecule has 0 fully saturated rings. The van der Waals surface area contributed by atoms with Crippen LogP contribution in [0.3, 0.4) is 0 Å². The van der Waals surface area contributed by atoms with Crippen LogP contribution in [0.1, 0.15) is 56.3 Å². The summed E-state index contributed by atoms with van der Waals surface area (Å²) in [4.78, 5) is 39.7. The van der Waals surface area contributed by atoms with Crippen molar-refractivity contribution >= 4 is 17.9 Å². The monoisotopic (exact) mass is 403 g/mol. The maximum absolute atomic E-state index is 12.4. The number of hydrogen-bond acceptors (Lipinski definition) is 8. The number of nitrogens with one attached hydrogen (secondary N) is 1. The van der Waals surface area contributed by atoms with Crippen LogP contribution >= 0.6 is 0 Å². The Bertz CT molecular complexity index is 946. The molecule has 154 valence electrons. The second kappa shape index (κ2) is 8.68. The quantitative estimate of drug-likeness (QED) is 0.555. The molecule has 9 heteroatoms. The number of aromatic nitrogens is 1. The number of esters is 3. The highest BCUT2D eigenvalue weighted by Gasteiger charge is 2.26. The minimum absolute atomic E-state index is 0.0924. The van der Waals surface area contributed by atoms with Crippen LogP contribution in [-0.2, 0) is 20.8 Å². The minimum atomic E-state index is -0.622. The van der Waals surface area contributed by atoms with Gasteiger partial charge < -0.3 is 28.7 Å². The van der Waals surface area contributed by atoms with Crippen molar-refractivity contribution in [2.24, 2.45) is 0 Å². The Morgan fingerprint density at radius 3 is 2.38 bits per heavy atom. The highest BCUT2D eigenvalue weighted by molar-refractivity contribution is 5.98. The van der Waals surface area contributed by atoms with Crippen molar-refractivity contribution < 1.29 is 38.1 Å². The average molecular weight is 403 g/mol. The Labute approximate surface area is 166 Å². The molecule has 3 rings (SSSR count). The molecule has 0 saturated carbocycles. The lowest BCUT2D eigenvalue weighted by Crippen LogP contribution is -2.11. The molecule has 2 heterocycles. The van der Waals surface area contributed by atoms with Crippen molar-refractivity contribution in [1.29, 1.82) is 0 Å². The van der Waals surface area contributed by atoms with Crippen LogP contribution < -0.4 is 9.47 Å². The molecule has 0 saturated heterocycles. The summed E-state index contributed by atoms with van der Waals surface area (Å²) in [6.45, 7) is 5.12. The number of benzene rings is 1. The zero-order chi connectivity index (χ0) is 21.0. The molecule has 1 aliphatic heterocycles. The second-order valence-electron chi connectivity index (χ2n) is 6.06. The second-order valence-corrected chi connectivity index (χ2v) is 6.06. The summed E-state index contributed by atoms with van der Waals surface area (Å²) in [5, 5.41) is 0. The number of fused-ring (bicyclic) bond motifs is 1. The number of rotatable bonds is 7. The Kier molecular flexibility index (Phi) is 6.06. The van der Waals surface area contributed by atoms with E-state index in [1.165, 1.54) is 6.07 Å². The van der Waals surface area contributed by atoms with E-state index >= 15 is 0 Å². The molecular formula is C20H21NO8. The third kappa shape index (κ3) is 4.18. The molecule has 0 atom stereocenters. The van der Waals surface area contributed by atoms with Gasteiger partial charge in [-0.3, -0.25) is 0 Å². The van der Waals surface area contributed by atoms with Gasteiger partial charge in [0, 0.05) is 0 Å². The molecule has 2 aromatic rings. The van der Waals surface area contributed by atoms with Crippen LogP contribution in [0, 0.1) is 6.92 Å². The van der Waals surface area contributed by atoms with E-state index in [0.29, 0.717) is 17.1 Å². The topological polar surface area (TPSA) is 113 Å². The molecule has 1 aromatic heterocycles. The third-order valence-electron chi connectivity index (χ3n) is 4.24. The first-order valence-electron chi connectivity index (χ1n) is 9.08. The average Bonchev–Trinajstić information content (AvgIpc) is 3.30. The Balaban J connectivity index is 1.81. The molecule has 0 spiro atoms. The maximum atomic E-state index is 12.4. The van der Waals surface area contributed by atoms with E-state index in [1.54, 1.807) is 32.9 Å². The summed E-state index contributed by atoms with van der Waals surface area (Å²) in [7, 11) is 0. The number of hydrogen-bond donors (Lipinski definition) is 1. The van der Waals surface area contributed by atoms with Crippen molar-refractivity contribution in [1.82, 2.24) is 4.98 Å². The lowest BCUT2D eigenvalue weighted by molar-refractivity contribution is 0.0445. The smallest absolute Gasteiger partial charge is 0.355 e. The normalized spacial score (nSPS) is 11.8. The molecule has 9 nitrogen and oxygen atoms in total. The summed E-state index contributed by atoms with van der Waals surface area (Å²) >= 11 is 0. The standard InChI is InChI=1S/C20H21NO8/c1-4-25-19(23)16-11(3)17(20(24)26-5-2)21-13(16)9-27-18(22)12-6-7-14-15(8-12)29-10-28-14/h6-8,21H,4-5,9-10H2,1-3H3. The van der Waals surface area contributed by atoms with Crippen molar-refractivity contribution in [2.75, 3.05) is 20.0 Å². The largest absolute Gasteiger partial charge is 0.462 e. The number of carbonyl (C=O) groups excluding carboxylic acids is 3. The Morgan fingerprint density at radius 1 is 0.966 bits per heavy atom. The van der Waals surface area contributed by atoms with Crippen LogP contribution in [0.25, 0.3) is 0 Å². The Morgan fingerprint density at radius 2 is 1.66 bits per heavy atom. The van der Waals surface area contributed by atoms with Gasteiger partial charge in [0.05, 0.1) is 30.0 Å². The van der Waals surface area contributed by atoms with E-state index in [0.717, 1.165) is 0 Å². The van der Waals surface area contributed by atoms with Gasteiger partial charge in [-0.05, 0) is 44.5 Å². The van der Waals surface area contributed by atoms with E-state index in [9.17, 15) is 14.4 Å². The molecular weight excluding hydrogens is 382 g/mol. The maximum Gasteiger partial charge on any atom is 0.355 e. The predicted molar refractivity (Wildman–Crippen MR) is 99.1 cm³/mol. The Hall–Kier alpha value is -3.49. The summed E-state index contributed by atoms with van der Waals surface area (Å²) in [5.41, 5.74) is 1.15. The van der Waals surface area contributed by atoms with Crippen molar-refractivity contribution in [3.05, 3.63) is 46.3 Å². The van der Waals surface area contributed by atoms with Gasteiger partial charge in [-0.1, -0.05) is 0 Å². The molecule has 1 aliphatic rings. The zero-order valence-corrected chi connectivity index (χ0v) is 16.3. The van der Waals surface area contributed by atoms with Gasteiger partial charge in [-0.25, -0.2) is 14.4 Å². The van der Waals surface area contributed by atoms with Crippen molar-refractivity contribution in [3.8, 4) is 11.5 Å². The number of carbonyl (C=O) groups is 3. The molecule has 1 N–H and O–H groups in total. The lowest BCUT2D eigenvalue weighted by Gasteiger charge is -2.07. The van der Waals surface area contributed by atoms with Crippen LogP contribution in [0.4, 0.5) is 0 Å². The minimum Gasteiger partial charge on any atom is -0.462 e. The molecule has 0 radical (unpaired) electrons. The van der Waals surface area contributed by atoms with Crippen LogP contribution in [0.2, 0.25) is 0 Å².